The van der Waals surface area contributed by atoms with Crippen molar-refractivity contribution in [3.05, 3.63) is 35.4 Å². The Hall–Kier alpha value is -1.40. The smallest absolute Gasteiger partial charge is 0.254 e. The van der Waals surface area contributed by atoms with Crippen LogP contribution in [0, 0.1) is 0 Å². The van der Waals surface area contributed by atoms with Crippen LogP contribution in [0.2, 0.25) is 0 Å². The highest BCUT2D eigenvalue weighted by molar-refractivity contribution is 7.89. The molecule has 0 bridgehead atoms. The highest BCUT2D eigenvalue weighted by atomic mass is 32.2. The molecule has 6 heteroatoms. The van der Waals surface area contributed by atoms with Crippen LogP contribution >= 0.6 is 0 Å². The Morgan fingerprint density at radius 3 is 2.60 bits per heavy atom. The molecular weight excluding hydrogens is 276 g/mol. The van der Waals surface area contributed by atoms with Crippen molar-refractivity contribution >= 4 is 15.9 Å². The van der Waals surface area contributed by atoms with Gasteiger partial charge in [0.25, 0.3) is 5.91 Å². The standard InChI is InChI=1S/C14H18N2O3S/c1-10(2)20(18,19)15-7-8-16-13(9-15)11-5-3-4-6-12(11)14(16)17/h3-6,10,13H,7-9H2,1-2H3/t13-/m1/s1. The average Bonchev–Trinajstić information content (AvgIpc) is 2.72. The molecule has 0 aliphatic carbocycles. The minimum Gasteiger partial charge on any atom is -0.329 e. The minimum absolute atomic E-state index is 0.0206. The van der Waals surface area contributed by atoms with E-state index in [2.05, 4.69) is 0 Å². The lowest BCUT2D eigenvalue weighted by Crippen LogP contribution is -2.51. The molecule has 0 saturated carbocycles. The zero-order chi connectivity index (χ0) is 14.5. The van der Waals surface area contributed by atoms with Gasteiger partial charge in [-0.15, -0.1) is 0 Å². The van der Waals surface area contributed by atoms with Gasteiger partial charge < -0.3 is 4.90 Å². The van der Waals surface area contributed by atoms with Crippen LogP contribution in [0.3, 0.4) is 0 Å². The maximum Gasteiger partial charge on any atom is 0.254 e. The lowest BCUT2D eigenvalue weighted by Gasteiger charge is -2.37. The second-order valence-electron chi connectivity index (χ2n) is 5.55. The number of carbonyl (C=O) groups excluding carboxylic acids is 1. The zero-order valence-corrected chi connectivity index (χ0v) is 12.4. The van der Waals surface area contributed by atoms with Gasteiger partial charge in [-0.05, 0) is 25.5 Å². The molecule has 0 unspecified atom stereocenters. The largest absolute Gasteiger partial charge is 0.329 e. The Morgan fingerprint density at radius 2 is 1.90 bits per heavy atom. The maximum atomic E-state index is 12.3. The molecule has 1 aromatic rings. The third-order valence-corrected chi connectivity index (χ3v) is 6.35. The fraction of sp³-hybridized carbons (Fsp3) is 0.500. The number of nitrogens with zero attached hydrogens (tertiary/aromatic N) is 2. The number of benzene rings is 1. The number of sulfonamides is 1. The van der Waals surface area contributed by atoms with E-state index in [1.807, 2.05) is 24.3 Å². The zero-order valence-electron chi connectivity index (χ0n) is 11.6. The molecule has 1 fully saturated rings. The van der Waals surface area contributed by atoms with Gasteiger partial charge in [-0.2, -0.15) is 4.31 Å². The van der Waals surface area contributed by atoms with E-state index in [9.17, 15) is 13.2 Å². The summed E-state index contributed by atoms with van der Waals surface area (Å²) in [5, 5.41) is -0.429. The normalized spacial score (nSPS) is 23.1. The SMILES string of the molecule is CC(C)S(=O)(=O)N1CCN2C(=O)c3ccccc3[C@H]2C1. The first kappa shape index (κ1) is 13.6. The molecule has 2 aliphatic heterocycles. The van der Waals surface area contributed by atoms with Crippen molar-refractivity contribution in [1.82, 2.24) is 9.21 Å². The predicted molar refractivity (Wildman–Crippen MR) is 75.8 cm³/mol. The topological polar surface area (TPSA) is 57.7 Å². The molecule has 108 valence electrons. The number of hydrogen-bond donors (Lipinski definition) is 0. The van der Waals surface area contributed by atoms with E-state index in [4.69, 9.17) is 0 Å². The molecule has 20 heavy (non-hydrogen) atoms. The van der Waals surface area contributed by atoms with Gasteiger partial charge in [-0.3, -0.25) is 4.79 Å². The van der Waals surface area contributed by atoms with Crippen LogP contribution in [-0.4, -0.2) is 48.4 Å². The monoisotopic (exact) mass is 294 g/mol. The third kappa shape index (κ3) is 1.86. The number of amides is 1. The van der Waals surface area contributed by atoms with E-state index in [0.717, 1.165) is 5.56 Å². The molecule has 2 aliphatic rings. The molecule has 1 aromatic carbocycles. The maximum absolute atomic E-state index is 12.3. The molecule has 0 N–H and O–H groups in total. The fourth-order valence-corrected chi connectivity index (χ4v) is 4.21. The Kier molecular flexibility index (Phi) is 3.10. The molecule has 1 atom stereocenters. The Morgan fingerprint density at radius 1 is 1.20 bits per heavy atom. The summed E-state index contributed by atoms with van der Waals surface area (Å²) in [6.45, 7) is 4.59. The van der Waals surface area contributed by atoms with Gasteiger partial charge in [-0.1, -0.05) is 18.2 Å². The summed E-state index contributed by atoms with van der Waals surface area (Å²) in [5.41, 5.74) is 1.66. The van der Waals surface area contributed by atoms with Gasteiger partial charge >= 0.3 is 0 Å². The number of piperazine rings is 1. The molecule has 1 amide bonds. The Labute approximate surface area is 119 Å². The minimum atomic E-state index is -3.26. The molecule has 0 radical (unpaired) electrons. The van der Waals surface area contributed by atoms with Crippen molar-refractivity contribution in [1.29, 1.82) is 0 Å². The van der Waals surface area contributed by atoms with Gasteiger partial charge in [-0.25, -0.2) is 8.42 Å². The van der Waals surface area contributed by atoms with Crippen molar-refractivity contribution in [2.24, 2.45) is 0 Å². The van der Waals surface area contributed by atoms with Crippen LogP contribution in [0.5, 0.6) is 0 Å². The highest BCUT2D eigenvalue weighted by Crippen LogP contribution is 2.36. The molecule has 1 saturated heterocycles. The van der Waals surface area contributed by atoms with Crippen molar-refractivity contribution in [3.63, 3.8) is 0 Å². The van der Waals surface area contributed by atoms with Gasteiger partial charge in [0.2, 0.25) is 10.0 Å². The second-order valence-corrected chi connectivity index (χ2v) is 8.04. The summed E-state index contributed by atoms with van der Waals surface area (Å²) in [6.07, 6.45) is 0. The summed E-state index contributed by atoms with van der Waals surface area (Å²) >= 11 is 0. The number of rotatable bonds is 2. The number of hydrogen-bond acceptors (Lipinski definition) is 3. The molecular formula is C14H18N2O3S. The van der Waals surface area contributed by atoms with Crippen LogP contribution in [0.4, 0.5) is 0 Å². The summed E-state index contributed by atoms with van der Waals surface area (Å²) in [4.78, 5) is 14.1. The fourth-order valence-electron chi connectivity index (χ4n) is 2.93. The number of carbonyl (C=O) groups is 1. The molecule has 0 aromatic heterocycles. The molecule has 3 rings (SSSR count). The Bertz CT molecular complexity index is 654. The quantitative estimate of drug-likeness (QED) is 0.824. The average molecular weight is 294 g/mol. The summed E-state index contributed by atoms with van der Waals surface area (Å²) in [7, 11) is -3.26. The van der Waals surface area contributed by atoms with E-state index in [1.54, 1.807) is 18.7 Å². The Balaban J connectivity index is 1.94. The third-order valence-electron chi connectivity index (χ3n) is 4.11. The lowest BCUT2D eigenvalue weighted by atomic mass is 10.0. The first-order valence-corrected chi connectivity index (χ1v) is 8.32. The highest BCUT2D eigenvalue weighted by Gasteiger charge is 2.43. The summed E-state index contributed by atoms with van der Waals surface area (Å²) < 4.78 is 26.1. The summed E-state index contributed by atoms with van der Waals surface area (Å²) in [6, 6.07) is 7.34. The van der Waals surface area contributed by atoms with Crippen molar-refractivity contribution in [2.45, 2.75) is 25.1 Å². The van der Waals surface area contributed by atoms with Crippen molar-refractivity contribution in [3.8, 4) is 0 Å². The summed E-state index contributed by atoms with van der Waals surface area (Å²) in [5.74, 6) is 0.0206. The van der Waals surface area contributed by atoms with Crippen LogP contribution < -0.4 is 0 Å². The van der Waals surface area contributed by atoms with Crippen LogP contribution in [0.25, 0.3) is 0 Å². The van der Waals surface area contributed by atoms with Crippen LogP contribution in [0.15, 0.2) is 24.3 Å². The molecule has 0 spiro atoms. The van der Waals surface area contributed by atoms with E-state index < -0.39 is 15.3 Å². The second kappa shape index (κ2) is 4.56. The van der Waals surface area contributed by atoms with Gasteiger partial charge in [0.05, 0.1) is 11.3 Å². The van der Waals surface area contributed by atoms with E-state index in [1.165, 1.54) is 4.31 Å². The van der Waals surface area contributed by atoms with Gasteiger partial charge in [0.15, 0.2) is 0 Å². The first-order valence-electron chi connectivity index (χ1n) is 6.82. The van der Waals surface area contributed by atoms with Crippen LogP contribution in [-0.2, 0) is 10.0 Å². The number of fused-ring (bicyclic) bond motifs is 3. The van der Waals surface area contributed by atoms with E-state index >= 15 is 0 Å². The van der Waals surface area contributed by atoms with E-state index in [-0.39, 0.29) is 11.9 Å². The predicted octanol–water partition coefficient (Wildman–Crippen LogP) is 1.24. The molecule has 5 nitrogen and oxygen atoms in total. The van der Waals surface area contributed by atoms with Gasteiger partial charge in [0.1, 0.15) is 0 Å². The van der Waals surface area contributed by atoms with Gasteiger partial charge in [0, 0.05) is 25.2 Å². The first-order chi connectivity index (χ1) is 9.43. The van der Waals surface area contributed by atoms with Crippen LogP contribution in [0.1, 0.15) is 35.8 Å². The van der Waals surface area contributed by atoms with Crippen molar-refractivity contribution < 1.29 is 13.2 Å². The lowest BCUT2D eigenvalue weighted by molar-refractivity contribution is 0.0628. The molecule has 2 heterocycles. The van der Waals surface area contributed by atoms with Crippen molar-refractivity contribution in [2.75, 3.05) is 19.6 Å². The van der Waals surface area contributed by atoms with E-state index in [0.29, 0.717) is 25.2 Å².